The normalized spacial score (nSPS) is 18.0. The monoisotopic (exact) mass is 234 g/mol. The molecule has 88 valence electrons. The lowest BCUT2D eigenvalue weighted by Crippen LogP contribution is -2.04. The minimum Gasteiger partial charge on any atom is -0.481 e. The van der Waals surface area contributed by atoms with Crippen LogP contribution in [-0.2, 0) is 4.74 Å². The van der Waals surface area contributed by atoms with E-state index in [1.807, 2.05) is 42.5 Å². The van der Waals surface area contributed by atoms with E-state index in [-0.39, 0.29) is 6.10 Å². The summed E-state index contributed by atoms with van der Waals surface area (Å²) in [5, 5.41) is 0. The molecule has 0 saturated carbocycles. The van der Waals surface area contributed by atoms with Crippen LogP contribution in [0.2, 0.25) is 0 Å². The Hall–Kier alpha value is -2.28. The minimum absolute atomic E-state index is 0.00593. The van der Waals surface area contributed by atoms with Crippen molar-refractivity contribution in [2.24, 2.45) is 0 Å². The van der Waals surface area contributed by atoms with Gasteiger partial charge in [-0.25, -0.2) is 0 Å². The van der Waals surface area contributed by atoms with Crippen LogP contribution in [0.1, 0.15) is 17.2 Å². The first-order valence-corrected chi connectivity index (χ1v) is 6.09. The van der Waals surface area contributed by atoms with E-state index in [4.69, 9.17) is 4.74 Å². The summed E-state index contributed by atoms with van der Waals surface area (Å²) in [6, 6.07) is 20.4. The SMILES string of the molecule is C1=CC(c2ccccc2)OC(c2ccccc2)=C1. The summed E-state index contributed by atoms with van der Waals surface area (Å²) in [5.74, 6) is 0.923. The molecule has 1 heteroatoms. The molecule has 0 aromatic heterocycles. The smallest absolute Gasteiger partial charge is 0.142 e. The van der Waals surface area contributed by atoms with Crippen LogP contribution in [-0.4, -0.2) is 0 Å². The van der Waals surface area contributed by atoms with E-state index >= 15 is 0 Å². The quantitative estimate of drug-likeness (QED) is 0.750. The summed E-state index contributed by atoms with van der Waals surface area (Å²) >= 11 is 0. The van der Waals surface area contributed by atoms with Crippen LogP contribution in [0.5, 0.6) is 0 Å². The fourth-order valence-electron chi connectivity index (χ4n) is 2.05. The zero-order valence-corrected chi connectivity index (χ0v) is 9.99. The second kappa shape index (κ2) is 4.92. The topological polar surface area (TPSA) is 9.23 Å². The summed E-state index contributed by atoms with van der Waals surface area (Å²) in [5.41, 5.74) is 2.29. The van der Waals surface area contributed by atoms with Crippen molar-refractivity contribution < 1.29 is 4.74 Å². The molecule has 18 heavy (non-hydrogen) atoms. The van der Waals surface area contributed by atoms with E-state index < -0.39 is 0 Å². The van der Waals surface area contributed by atoms with E-state index in [9.17, 15) is 0 Å². The van der Waals surface area contributed by atoms with Crippen LogP contribution in [0.25, 0.3) is 5.76 Å². The molecule has 0 spiro atoms. The van der Waals surface area contributed by atoms with Gasteiger partial charge in [-0.3, -0.25) is 0 Å². The summed E-state index contributed by atoms with van der Waals surface area (Å²) in [4.78, 5) is 0. The first kappa shape index (κ1) is 10.8. The molecule has 1 aliphatic heterocycles. The first-order chi connectivity index (χ1) is 8.93. The van der Waals surface area contributed by atoms with Crippen molar-refractivity contribution in [3.05, 3.63) is 90.0 Å². The van der Waals surface area contributed by atoms with Gasteiger partial charge in [0.05, 0.1) is 0 Å². The van der Waals surface area contributed by atoms with Crippen molar-refractivity contribution in [1.29, 1.82) is 0 Å². The van der Waals surface area contributed by atoms with Crippen LogP contribution in [0, 0.1) is 0 Å². The maximum Gasteiger partial charge on any atom is 0.142 e. The zero-order chi connectivity index (χ0) is 12.2. The molecule has 1 heterocycles. The zero-order valence-electron chi connectivity index (χ0n) is 9.99. The Labute approximate surface area is 107 Å². The molecular weight excluding hydrogens is 220 g/mol. The third-order valence-electron chi connectivity index (χ3n) is 2.97. The van der Waals surface area contributed by atoms with Crippen LogP contribution in [0.4, 0.5) is 0 Å². The van der Waals surface area contributed by atoms with E-state index in [0.29, 0.717) is 0 Å². The van der Waals surface area contributed by atoms with E-state index in [1.165, 1.54) is 5.56 Å². The molecule has 0 saturated heterocycles. The highest BCUT2D eigenvalue weighted by atomic mass is 16.5. The number of ether oxygens (including phenoxy) is 1. The minimum atomic E-state index is 0.00593. The molecule has 0 amide bonds. The van der Waals surface area contributed by atoms with Crippen molar-refractivity contribution >= 4 is 5.76 Å². The number of hydrogen-bond acceptors (Lipinski definition) is 1. The average molecular weight is 234 g/mol. The van der Waals surface area contributed by atoms with Crippen molar-refractivity contribution in [2.45, 2.75) is 6.10 Å². The average Bonchev–Trinajstić information content (AvgIpc) is 2.49. The third kappa shape index (κ3) is 2.21. The van der Waals surface area contributed by atoms with Crippen LogP contribution in [0.15, 0.2) is 78.9 Å². The Morgan fingerprint density at radius 2 is 1.44 bits per heavy atom. The lowest BCUT2D eigenvalue weighted by Gasteiger charge is -2.21. The number of benzene rings is 2. The molecule has 1 nitrogen and oxygen atoms in total. The number of allylic oxidation sites excluding steroid dienone is 2. The highest BCUT2D eigenvalue weighted by molar-refractivity contribution is 5.62. The van der Waals surface area contributed by atoms with Gasteiger partial charge in [-0.2, -0.15) is 0 Å². The van der Waals surface area contributed by atoms with Crippen LogP contribution >= 0.6 is 0 Å². The van der Waals surface area contributed by atoms with Crippen molar-refractivity contribution in [2.75, 3.05) is 0 Å². The molecule has 1 unspecified atom stereocenters. The molecule has 2 aromatic rings. The second-order valence-electron chi connectivity index (χ2n) is 4.23. The van der Waals surface area contributed by atoms with Gasteiger partial charge in [0.2, 0.25) is 0 Å². The molecule has 0 bridgehead atoms. The fourth-order valence-corrected chi connectivity index (χ4v) is 2.05. The second-order valence-corrected chi connectivity index (χ2v) is 4.23. The van der Waals surface area contributed by atoms with Gasteiger partial charge >= 0.3 is 0 Å². The molecule has 0 radical (unpaired) electrons. The Kier molecular flexibility index (Phi) is 2.97. The molecule has 3 rings (SSSR count). The van der Waals surface area contributed by atoms with Gasteiger partial charge in [0.25, 0.3) is 0 Å². The fraction of sp³-hybridized carbons (Fsp3) is 0.0588. The van der Waals surface area contributed by atoms with Gasteiger partial charge < -0.3 is 4.74 Å². The van der Waals surface area contributed by atoms with E-state index in [0.717, 1.165) is 11.3 Å². The van der Waals surface area contributed by atoms with Crippen molar-refractivity contribution in [1.82, 2.24) is 0 Å². The maximum absolute atomic E-state index is 6.03. The van der Waals surface area contributed by atoms with Gasteiger partial charge in [0, 0.05) is 5.56 Å². The molecule has 0 N–H and O–H groups in total. The lowest BCUT2D eigenvalue weighted by molar-refractivity contribution is 0.212. The standard InChI is InChI=1S/C17H14O/c1-3-8-14(9-4-1)16-12-7-13-17(18-16)15-10-5-2-6-11-15/h1-13,16H. The number of hydrogen-bond donors (Lipinski definition) is 0. The third-order valence-corrected chi connectivity index (χ3v) is 2.97. The molecule has 1 aliphatic rings. The largest absolute Gasteiger partial charge is 0.481 e. The first-order valence-electron chi connectivity index (χ1n) is 6.09. The summed E-state index contributed by atoms with van der Waals surface area (Å²) in [7, 11) is 0. The highest BCUT2D eigenvalue weighted by Gasteiger charge is 2.14. The lowest BCUT2D eigenvalue weighted by atomic mass is 10.1. The van der Waals surface area contributed by atoms with Gasteiger partial charge in [0.15, 0.2) is 0 Å². The summed E-state index contributed by atoms with van der Waals surface area (Å²) in [6.45, 7) is 0. The predicted molar refractivity (Wildman–Crippen MR) is 73.8 cm³/mol. The Bertz CT molecular complexity index is 567. The molecular formula is C17H14O. The predicted octanol–water partition coefficient (Wildman–Crippen LogP) is 4.36. The summed E-state index contributed by atoms with van der Waals surface area (Å²) in [6.07, 6.45) is 6.14. The van der Waals surface area contributed by atoms with Gasteiger partial charge in [-0.05, 0) is 17.7 Å². The Morgan fingerprint density at radius 1 is 0.778 bits per heavy atom. The Balaban J connectivity index is 1.85. The maximum atomic E-state index is 6.03. The van der Waals surface area contributed by atoms with Crippen molar-refractivity contribution in [3.8, 4) is 0 Å². The van der Waals surface area contributed by atoms with Crippen molar-refractivity contribution in [3.63, 3.8) is 0 Å². The van der Waals surface area contributed by atoms with E-state index in [1.54, 1.807) is 0 Å². The van der Waals surface area contributed by atoms with Crippen LogP contribution < -0.4 is 0 Å². The number of rotatable bonds is 2. The summed E-state index contributed by atoms with van der Waals surface area (Å²) < 4.78 is 6.03. The molecule has 0 aliphatic carbocycles. The molecule has 0 fully saturated rings. The molecule has 2 aromatic carbocycles. The van der Waals surface area contributed by atoms with Gasteiger partial charge in [-0.1, -0.05) is 66.7 Å². The Morgan fingerprint density at radius 3 is 2.17 bits per heavy atom. The molecule has 1 atom stereocenters. The highest BCUT2D eigenvalue weighted by Crippen LogP contribution is 2.30. The van der Waals surface area contributed by atoms with Crippen LogP contribution in [0.3, 0.4) is 0 Å². The van der Waals surface area contributed by atoms with Gasteiger partial charge in [0.1, 0.15) is 11.9 Å². The van der Waals surface area contributed by atoms with Gasteiger partial charge in [-0.15, -0.1) is 0 Å². The van der Waals surface area contributed by atoms with E-state index in [2.05, 4.69) is 36.4 Å².